The third-order valence-electron chi connectivity index (χ3n) is 2.22. The molecule has 2 atom stereocenters. The molecule has 0 aliphatic carbocycles. The number of nitrogens with one attached hydrogen (secondary N) is 1. The van der Waals surface area contributed by atoms with Crippen LogP contribution in [0.2, 0.25) is 0 Å². The van der Waals surface area contributed by atoms with Gasteiger partial charge in [-0.15, -0.1) is 0 Å². The first-order valence-corrected chi connectivity index (χ1v) is 3.49. The molecule has 0 aromatic carbocycles. The van der Waals surface area contributed by atoms with Gasteiger partial charge in [-0.05, 0) is 19.9 Å². The van der Waals surface area contributed by atoms with Gasteiger partial charge >= 0.3 is 5.97 Å². The van der Waals surface area contributed by atoms with Gasteiger partial charge in [0.15, 0.2) is 0 Å². The van der Waals surface area contributed by atoms with Gasteiger partial charge in [0.05, 0.1) is 12.0 Å². The molecule has 1 aliphatic rings. The van der Waals surface area contributed by atoms with Crippen LogP contribution in [-0.4, -0.2) is 23.2 Å². The van der Waals surface area contributed by atoms with Crippen molar-refractivity contribution in [1.29, 1.82) is 5.26 Å². The minimum atomic E-state index is -1.03. The lowest BCUT2D eigenvalue weighted by atomic mass is 9.89. The van der Waals surface area contributed by atoms with Crippen molar-refractivity contribution >= 4 is 5.97 Å². The maximum atomic E-state index is 10.7. The lowest BCUT2D eigenvalue weighted by Crippen LogP contribution is -2.48. The molecule has 2 N–H and O–H groups in total. The largest absolute Gasteiger partial charge is 0.480 e. The second-order valence-corrected chi connectivity index (χ2v) is 2.90. The Kier molecular flexibility index (Phi) is 1.83. The molecule has 1 fully saturated rings. The van der Waals surface area contributed by atoms with Gasteiger partial charge in [0.25, 0.3) is 0 Å². The number of aliphatic carboxylic acids is 1. The summed E-state index contributed by atoms with van der Waals surface area (Å²) in [6.45, 7) is 2.16. The van der Waals surface area contributed by atoms with E-state index in [1.165, 1.54) is 0 Å². The van der Waals surface area contributed by atoms with Crippen LogP contribution in [0.25, 0.3) is 0 Å². The molecule has 11 heavy (non-hydrogen) atoms. The van der Waals surface area contributed by atoms with Crippen molar-refractivity contribution in [3.05, 3.63) is 0 Å². The number of carbonyl (C=O) groups is 1. The Morgan fingerprint density at radius 1 is 1.91 bits per heavy atom. The third kappa shape index (κ3) is 1.08. The average Bonchev–Trinajstić information content (AvgIpc) is 2.32. The smallest absolute Gasteiger partial charge is 0.324 e. The molecule has 0 aromatic rings. The number of carboxylic acids is 1. The molecule has 4 heteroatoms. The van der Waals surface area contributed by atoms with E-state index in [-0.39, 0.29) is 0 Å². The number of rotatable bonds is 1. The fraction of sp³-hybridized carbons (Fsp3) is 0.714. The Morgan fingerprint density at radius 2 is 2.55 bits per heavy atom. The lowest BCUT2D eigenvalue weighted by molar-refractivity contribution is -0.144. The zero-order valence-electron chi connectivity index (χ0n) is 6.29. The SMILES string of the molecule is C[C@@]1(C(=O)O)NCCC1C#N. The summed E-state index contributed by atoms with van der Waals surface area (Å²) >= 11 is 0. The quantitative estimate of drug-likeness (QED) is 0.556. The van der Waals surface area contributed by atoms with Gasteiger partial charge in [-0.1, -0.05) is 0 Å². The molecule has 60 valence electrons. The predicted octanol–water partition coefficient (Wildman–Crippen LogP) is -0.0372. The van der Waals surface area contributed by atoms with E-state index in [0.717, 1.165) is 0 Å². The van der Waals surface area contributed by atoms with Gasteiger partial charge in [-0.2, -0.15) is 5.26 Å². The summed E-state index contributed by atoms with van der Waals surface area (Å²) in [6.07, 6.45) is 0.624. The van der Waals surface area contributed by atoms with Crippen molar-refractivity contribution in [2.45, 2.75) is 18.9 Å². The van der Waals surface area contributed by atoms with Crippen LogP contribution in [0.5, 0.6) is 0 Å². The molecule has 1 saturated heterocycles. The lowest BCUT2D eigenvalue weighted by Gasteiger charge is -2.21. The van der Waals surface area contributed by atoms with E-state index < -0.39 is 17.4 Å². The van der Waals surface area contributed by atoms with Crippen LogP contribution in [0.1, 0.15) is 13.3 Å². The maximum absolute atomic E-state index is 10.7. The van der Waals surface area contributed by atoms with Crippen molar-refractivity contribution in [1.82, 2.24) is 5.32 Å². The second kappa shape index (κ2) is 2.51. The Balaban J connectivity index is 2.85. The minimum absolute atomic E-state index is 0.403. The number of nitrogens with zero attached hydrogens (tertiary/aromatic N) is 1. The van der Waals surface area contributed by atoms with Crippen LogP contribution < -0.4 is 5.32 Å². The first kappa shape index (κ1) is 8.02. The highest BCUT2D eigenvalue weighted by atomic mass is 16.4. The number of hydrogen-bond donors (Lipinski definition) is 2. The van der Waals surface area contributed by atoms with Crippen LogP contribution in [0.15, 0.2) is 0 Å². The van der Waals surface area contributed by atoms with Gasteiger partial charge in [-0.3, -0.25) is 4.79 Å². The summed E-state index contributed by atoms with van der Waals surface area (Å²) in [7, 11) is 0. The fourth-order valence-electron chi connectivity index (χ4n) is 1.31. The highest BCUT2D eigenvalue weighted by molar-refractivity contribution is 5.79. The summed E-state index contributed by atoms with van der Waals surface area (Å²) < 4.78 is 0. The molecule has 0 amide bonds. The summed E-state index contributed by atoms with van der Waals surface area (Å²) in [5.74, 6) is -1.35. The molecule has 1 heterocycles. The summed E-state index contributed by atoms with van der Waals surface area (Å²) in [5.41, 5.74) is -1.03. The van der Waals surface area contributed by atoms with Crippen molar-refractivity contribution < 1.29 is 9.90 Å². The van der Waals surface area contributed by atoms with Gasteiger partial charge in [0, 0.05) is 0 Å². The van der Waals surface area contributed by atoms with Crippen LogP contribution in [0.3, 0.4) is 0 Å². The van der Waals surface area contributed by atoms with Gasteiger partial charge < -0.3 is 10.4 Å². The standard InChI is InChI=1S/C7H10N2O2/c1-7(6(10)11)5(4-8)2-3-9-7/h5,9H,2-3H2,1H3,(H,10,11)/t5?,7-/m1/s1. The molecular weight excluding hydrogens is 144 g/mol. The maximum Gasteiger partial charge on any atom is 0.324 e. The highest BCUT2D eigenvalue weighted by Gasteiger charge is 2.45. The van der Waals surface area contributed by atoms with E-state index in [4.69, 9.17) is 10.4 Å². The first-order valence-electron chi connectivity index (χ1n) is 3.49. The zero-order chi connectivity index (χ0) is 8.48. The van der Waals surface area contributed by atoms with Crippen molar-refractivity contribution in [3.63, 3.8) is 0 Å². The highest BCUT2D eigenvalue weighted by Crippen LogP contribution is 2.25. The van der Waals surface area contributed by atoms with E-state index in [2.05, 4.69) is 5.32 Å². The normalized spacial score (nSPS) is 36.5. The molecule has 1 unspecified atom stereocenters. The molecule has 0 saturated carbocycles. The van der Waals surface area contributed by atoms with Crippen LogP contribution in [0.4, 0.5) is 0 Å². The molecule has 0 bridgehead atoms. The Hall–Kier alpha value is -1.08. The Morgan fingerprint density at radius 3 is 2.91 bits per heavy atom. The van der Waals surface area contributed by atoms with Gasteiger partial charge in [-0.25, -0.2) is 0 Å². The minimum Gasteiger partial charge on any atom is -0.480 e. The molecule has 4 nitrogen and oxygen atoms in total. The van der Waals surface area contributed by atoms with Gasteiger partial charge in [0.2, 0.25) is 0 Å². The molecule has 1 rings (SSSR count). The topological polar surface area (TPSA) is 73.1 Å². The molecular formula is C7H10N2O2. The average molecular weight is 154 g/mol. The summed E-state index contributed by atoms with van der Waals surface area (Å²) in [5, 5.41) is 20.2. The van der Waals surface area contributed by atoms with Crippen LogP contribution >= 0.6 is 0 Å². The van der Waals surface area contributed by atoms with E-state index in [9.17, 15) is 4.79 Å². The van der Waals surface area contributed by atoms with Crippen molar-refractivity contribution in [3.8, 4) is 6.07 Å². The number of nitriles is 1. The monoisotopic (exact) mass is 154 g/mol. The zero-order valence-corrected chi connectivity index (χ0v) is 6.29. The Labute approximate surface area is 64.8 Å². The van der Waals surface area contributed by atoms with E-state index in [0.29, 0.717) is 13.0 Å². The van der Waals surface area contributed by atoms with Crippen LogP contribution in [-0.2, 0) is 4.79 Å². The number of hydrogen-bond acceptors (Lipinski definition) is 3. The molecule has 0 aromatic heterocycles. The molecule has 0 radical (unpaired) electrons. The number of carboxylic acid groups (broad SMARTS) is 1. The summed E-state index contributed by atoms with van der Waals surface area (Å²) in [6, 6.07) is 1.99. The first-order chi connectivity index (χ1) is 5.11. The van der Waals surface area contributed by atoms with Crippen LogP contribution in [0, 0.1) is 17.2 Å². The van der Waals surface area contributed by atoms with E-state index in [1.807, 2.05) is 6.07 Å². The molecule has 1 aliphatic heterocycles. The van der Waals surface area contributed by atoms with Gasteiger partial charge in [0.1, 0.15) is 5.54 Å². The third-order valence-corrected chi connectivity index (χ3v) is 2.22. The summed E-state index contributed by atoms with van der Waals surface area (Å²) in [4.78, 5) is 10.7. The van der Waals surface area contributed by atoms with E-state index >= 15 is 0 Å². The molecule has 0 spiro atoms. The predicted molar refractivity (Wildman–Crippen MR) is 37.8 cm³/mol. The van der Waals surface area contributed by atoms with Crippen molar-refractivity contribution in [2.75, 3.05) is 6.54 Å². The van der Waals surface area contributed by atoms with Crippen molar-refractivity contribution in [2.24, 2.45) is 5.92 Å². The second-order valence-electron chi connectivity index (χ2n) is 2.90. The Bertz CT molecular complexity index is 221. The fourth-order valence-corrected chi connectivity index (χ4v) is 1.31. The van der Waals surface area contributed by atoms with E-state index in [1.54, 1.807) is 6.92 Å².